The van der Waals surface area contributed by atoms with Crippen LogP contribution < -0.4 is 16.8 Å². The second-order valence-corrected chi connectivity index (χ2v) is 4.72. The molecule has 1 aromatic rings. The number of primary amides is 1. The van der Waals surface area contributed by atoms with Crippen LogP contribution >= 0.6 is 11.3 Å². The van der Waals surface area contributed by atoms with Gasteiger partial charge in [-0.15, -0.1) is 11.3 Å². The number of nitrogens with zero attached hydrogens (tertiary/aromatic N) is 1. The Kier molecular flexibility index (Phi) is 4.59. The van der Waals surface area contributed by atoms with Gasteiger partial charge < -0.3 is 16.8 Å². The van der Waals surface area contributed by atoms with Crippen LogP contribution in [0, 0.1) is 6.92 Å². The molecule has 0 aromatic carbocycles. The maximum atomic E-state index is 11.6. The van der Waals surface area contributed by atoms with Gasteiger partial charge in [0.2, 0.25) is 11.8 Å². The van der Waals surface area contributed by atoms with Gasteiger partial charge in [0.25, 0.3) is 0 Å². The minimum absolute atomic E-state index is 0.157. The number of aromatic nitrogens is 1. The molecule has 0 radical (unpaired) electrons. The van der Waals surface area contributed by atoms with Crippen molar-refractivity contribution < 1.29 is 9.59 Å². The molecule has 0 bridgehead atoms. The fourth-order valence-electron chi connectivity index (χ4n) is 1.26. The zero-order chi connectivity index (χ0) is 13.0. The first kappa shape index (κ1) is 13.6. The number of nitrogens with one attached hydrogen (secondary N) is 1. The van der Waals surface area contributed by atoms with E-state index in [1.54, 1.807) is 0 Å². The Morgan fingerprint density at radius 2 is 2.24 bits per heavy atom. The number of thiazole rings is 1. The number of nitrogens with two attached hydrogens (primary N) is 2. The van der Waals surface area contributed by atoms with Gasteiger partial charge in [0, 0.05) is 11.1 Å². The lowest BCUT2D eigenvalue weighted by atomic mass is 10.2. The van der Waals surface area contributed by atoms with Crippen LogP contribution in [0.3, 0.4) is 0 Å². The van der Waals surface area contributed by atoms with Crippen molar-refractivity contribution in [1.82, 2.24) is 10.3 Å². The third-order valence-electron chi connectivity index (χ3n) is 2.12. The standard InChI is InChI=1S/C10H16N4O2S/c1-5-4-17-10(13-5)6(2)14-9(16)7(11)3-8(12)15/h4,6-7H,3,11H2,1-2H3,(H2,12,15)(H,14,16). The van der Waals surface area contributed by atoms with Gasteiger partial charge in [0.05, 0.1) is 18.5 Å². The Bertz CT molecular complexity index is 418. The highest BCUT2D eigenvalue weighted by atomic mass is 32.1. The molecule has 1 rings (SSSR count). The molecule has 7 heteroatoms. The van der Waals surface area contributed by atoms with Crippen LogP contribution in [0.15, 0.2) is 5.38 Å². The summed E-state index contributed by atoms with van der Waals surface area (Å²) in [5, 5.41) is 5.40. The van der Waals surface area contributed by atoms with Crippen LogP contribution in [-0.4, -0.2) is 22.8 Å². The molecule has 1 heterocycles. The minimum Gasteiger partial charge on any atom is -0.370 e. The Hall–Kier alpha value is -1.47. The van der Waals surface area contributed by atoms with Crippen LogP contribution in [-0.2, 0) is 9.59 Å². The van der Waals surface area contributed by atoms with Crippen LogP contribution in [0.5, 0.6) is 0 Å². The van der Waals surface area contributed by atoms with E-state index in [1.165, 1.54) is 11.3 Å². The van der Waals surface area contributed by atoms with Gasteiger partial charge in [-0.25, -0.2) is 4.98 Å². The second kappa shape index (κ2) is 5.74. The molecule has 1 aromatic heterocycles. The summed E-state index contributed by atoms with van der Waals surface area (Å²) in [5.41, 5.74) is 11.4. The molecule has 0 aliphatic heterocycles. The van der Waals surface area contributed by atoms with Crippen molar-refractivity contribution in [2.75, 3.05) is 0 Å². The highest BCUT2D eigenvalue weighted by molar-refractivity contribution is 7.09. The summed E-state index contributed by atoms with van der Waals surface area (Å²) in [6, 6.07) is -1.13. The fraction of sp³-hybridized carbons (Fsp3) is 0.500. The molecule has 6 nitrogen and oxygen atoms in total. The van der Waals surface area contributed by atoms with Crippen LogP contribution in [0.4, 0.5) is 0 Å². The molecule has 0 fully saturated rings. The van der Waals surface area contributed by atoms with Gasteiger partial charge in [0.1, 0.15) is 5.01 Å². The summed E-state index contributed by atoms with van der Waals surface area (Å²) in [4.78, 5) is 26.5. The van der Waals surface area contributed by atoms with Gasteiger partial charge >= 0.3 is 0 Å². The van der Waals surface area contributed by atoms with Crippen molar-refractivity contribution in [2.24, 2.45) is 11.5 Å². The Morgan fingerprint density at radius 3 is 2.71 bits per heavy atom. The monoisotopic (exact) mass is 256 g/mol. The van der Waals surface area contributed by atoms with Crippen LogP contribution in [0.1, 0.15) is 30.1 Å². The molecular weight excluding hydrogens is 240 g/mol. The van der Waals surface area contributed by atoms with E-state index >= 15 is 0 Å². The summed E-state index contributed by atoms with van der Waals surface area (Å²) < 4.78 is 0. The quantitative estimate of drug-likeness (QED) is 0.679. The Balaban J connectivity index is 2.53. The number of hydrogen-bond acceptors (Lipinski definition) is 5. The van der Waals surface area contributed by atoms with Crippen molar-refractivity contribution in [2.45, 2.75) is 32.4 Å². The molecule has 17 heavy (non-hydrogen) atoms. The molecule has 0 aliphatic carbocycles. The molecule has 2 atom stereocenters. The Labute approximate surface area is 103 Å². The summed E-state index contributed by atoms with van der Waals surface area (Å²) in [5.74, 6) is -0.991. The van der Waals surface area contributed by atoms with E-state index in [9.17, 15) is 9.59 Å². The fourth-order valence-corrected chi connectivity index (χ4v) is 2.07. The highest BCUT2D eigenvalue weighted by Crippen LogP contribution is 2.17. The number of carbonyl (C=O) groups excluding carboxylic acids is 2. The van der Waals surface area contributed by atoms with Crippen molar-refractivity contribution in [1.29, 1.82) is 0 Å². The topological polar surface area (TPSA) is 111 Å². The molecule has 0 spiro atoms. The van der Waals surface area contributed by atoms with E-state index in [-0.39, 0.29) is 12.5 Å². The first-order chi connectivity index (χ1) is 7.90. The van der Waals surface area contributed by atoms with E-state index in [0.717, 1.165) is 10.7 Å². The number of aryl methyl sites for hydroxylation is 1. The van der Waals surface area contributed by atoms with Gasteiger partial charge in [-0.3, -0.25) is 9.59 Å². The van der Waals surface area contributed by atoms with Crippen molar-refractivity contribution >= 4 is 23.2 Å². The molecule has 5 N–H and O–H groups in total. The third-order valence-corrected chi connectivity index (χ3v) is 3.27. The normalized spacial score (nSPS) is 14.1. The summed E-state index contributed by atoms with van der Waals surface area (Å²) >= 11 is 1.47. The van der Waals surface area contributed by atoms with Crippen molar-refractivity contribution in [3.8, 4) is 0 Å². The molecule has 0 aliphatic rings. The lowest BCUT2D eigenvalue weighted by Crippen LogP contribution is -2.43. The lowest BCUT2D eigenvalue weighted by Gasteiger charge is -2.14. The van der Waals surface area contributed by atoms with Gasteiger partial charge in [-0.1, -0.05) is 0 Å². The summed E-state index contributed by atoms with van der Waals surface area (Å²) in [6.07, 6.45) is -0.157. The molecule has 2 unspecified atom stereocenters. The first-order valence-corrected chi connectivity index (χ1v) is 6.04. The predicted octanol–water partition coefficient (Wildman–Crippen LogP) is -0.169. The minimum atomic E-state index is -0.906. The molecular formula is C10H16N4O2S. The molecule has 0 saturated heterocycles. The van der Waals surface area contributed by atoms with Crippen molar-refractivity contribution in [3.63, 3.8) is 0 Å². The van der Waals surface area contributed by atoms with E-state index in [1.807, 2.05) is 19.2 Å². The Morgan fingerprint density at radius 1 is 1.59 bits per heavy atom. The van der Waals surface area contributed by atoms with E-state index < -0.39 is 17.9 Å². The smallest absolute Gasteiger partial charge is 0.238 e. The molecule has 2 amide bonds. The van der Waals surface area contributed by atoms with Gasteiger partial charge in [-0.05, 0) is 13.8 Å². The summed E-state index contributed by atoms with van der Waals surface area (Å²) in [6.45, 7) is 3.69. The maximum Gasteiger partial charge on any atom is 0.238 e. The van der Waals surface area contributed by atoms with E-state index in [0.29, 0.717) is 0 Å². The number of rotatable bonds is 5. The average Bonchev–Trinajstić information content (AvgIpc) is 2.63. The third kappa shape index (κ3) is 4.12. The SMILES string of the molecule is Cc1csc(C(C)NC(=O)C(N)CC(N)=O)n1. The maximum absolute atomic E-state index is 11.6. The highest BCUT2D eigenvalue weighted by Gasteiger charge is 2.19. The van der Waals surface area contributed by atoms with Gasteiger partial charge in [-0.2, -0.15) is 0 Å². The van der Waals surface area contributed by atoms with Gasteiger partial charge in [0.15, 0.2) is 0 Å². The predicted molar refractivity (Wildman–Crippen MR) is 65.2 cm³/mol. The zero-order valence-electron chi connectivity index (χ0n) is 9.77. The number of carbonyl (C=O) groups is 2. The average molecular weight is 256 g/mol. The van der Waals surface area contributed by atoms with Crippen LogP contribution in [0.25, 0.3) is 0 Å². The van der Waals surface area contributed by atoms with Crippen LogP contribution in [0.2, 0.25) is 0 Å². The number of hydrogen-bond donors (Lipinski definition) is 3. The number of amides is 2. The second-order valence-electron chi connectivity index (χ2n) is 3.83. The van der Waals surface area contributed by atoms with E-state index in [2.05, 4.69) is 10.3 Å². The zero-order valence-corrected chi connectivity index (χ0v) is 10.6. The first-order valence-electron chi connectivity index (χ1n) is 5.16. The summed E-state index contributed by atoms with van der Waals surface area (Å²) in [7, 11) is 0. The lowest BCUT2D eigenvalue weighted by molar-refractivity contribution is -0.126. The largest absolute Gasteiger partial charge is 0.370 e. The van der Waals surface area contributed by atoms with Crippen molar-refractivity contribution in [3.05, 3.63) is 16.1 Å². The molecule has 94 valence electrons. The molecule has 0 saturated carbocycles. The van der Waals surface area contributed by atoms with E-state index in [4.69, 9.17) is 11.5 Å².